The van der Waals surface area contributed by atoms with Crippen LogP contribution in [0.5, 0.6) is 0 Å². The van der Waals surface area contributed by atoms with Gasteiger partial charge in [0.25, 0.3) is 0 Å². The van der Waals surface area contributed by atoms with E-state index < -0.39 is 102 Å². The monoisotopic (exact) mass is 830 g/mol. The van der Waals surface area contributed by atoms with E-state index in [-0.39, 0.29) is 38.0 Å². The number of carboxylic acids is 1. The molecule has 0 spiro atoms. The molecule has 0 saturated carbocycles. The van der Waals surface area contributed by atoms with E-state index in [1.165, 1.54) is 6.92 Å². The molecule has 1 aromatic carbocycles. The summed E-state index contributed by atoms with van der Waals surface area (Å²) >= 11 is 0. The van der Waals surface area contributed by atoms with Crippen LogP contribution in [0.4, 0.5) is 0 Å². The highest BCUT2D eigenvalue weighted by molar-refractivity contribution is 5.97. The van der Waals surface area contributed by atoms with Gasteiger partial charge in [-0.05, 0) is 69.0 Å². The smallest absolute Gasteiger partial charge is 0.326 e. The average Bonchev–Trinajstić information content (AvgIpc) is 3.58. The van der Waals surface area contributed by atoms with Crippen molar-refractivity contribution in [1.29, 1.82) is 0 Å². The van der Waals surface area contributed by atoms with Gasteiger partial charge < -0.3 is 64.3 Å². The molecule has 0 unspecified atom stereocenters. The van der Waals surface area contributed by atoms with E-state index in [9.17, 15) is 48.6 Å². The maximum absolute atomic E-state index is 13.8. The number of unbranched alkanes of at least 4 members (excludes halogenated alkanes) is 1. The molecule has 0 bridgehead atoms. The topological polar surface area (TPSA) is 343 Å². The molecule has 20 nitrogen and oxygen atoms in total. The molecule has 0 radical (unpaired) electrons. The Hall–Kier alpha value is -5.60. The number of carbonyl (C=O) groups excluding carboxylic acids is 7. The van der Waals surface area contributed by atoms with Crippen LogP contribution < -0.4 is 49.1 Å². The third-order valence-corrected chi connectivity index (χ3v) is 9.46. The van der Waals surface area contributed by atoms with Crippen molar-refractivity contribution in [1.82, 2.24) is 36.9 Å². The number of aromatic amines is 1. The molecule has 0 fully saturated rings. The normalized spacial score (nSPS) is 14.9. The van der Waals surface area contributed by atoms with Crippen LogP contribution in [0.3, 0.4) is 0 Å². The molecular formula is C39H62N10O10. The summed E-state index contributed by atoms with van der Waals surface area (Å²) in [6, 6.07) is -0.757. The van der Waals surface area contributed by atoms with Gasteiger partial charge in [-0.3, -0.25) is 33.6 Å². The number of nitrogens with two attached hydrogens (primary N) is 3. The van der Waals surface area contributed by atoms with E-state index in [2.05, 4.69) is 36.9 Å². The zero-order valence-corrected chi connectivity index (χ0v) is 34.3. The summed E-state index contributed by atoms with van der Waals surface area (Å²) in [4.78, 5) is 107. The second kappa shape index (κ2) is 24.4. The van der Waals surface area contributed by atoms with Crippen molar-refractivity contribution >= 4 is 58.2 Å². The minimum absolute atomic E-state index is 0.0409. The minimum Gasteiger partial charge on any atom is -0.480 e. The zero-order chi connectivity index (χ0) is 44.4. The number of fused-ring (bicyclic) bond motifs is 1. The Bertz CT molecular complexity index is 1760. The Morgan fingerprint density at radius 3 is 1.83 bits per heavy atom. The highest BCUT2D eigenvalue weighted by Gasteiger charge is 2.36. The SMILES string of the molecule is CC(C)C[C@H](NC(=O)[C@H](CCC(N)=O)NC(=O)[C@@H](NC(=O)[C@@H](NC(=O)[C@H](CCCCN)NC(=O)[C@H](Cc1c[nH]c2ccccc12)NC(=O)CN)[C@@H](C)O)C(C)C)C(=O)O. The number of aliphatic hydroxyl groups excluding tert-OH is 1. The molecule has 7 atom stereocenters. The Kier molecular flexibility index (Phi) is 20.4. The van der Waals surface area contributed by atoms with E-state index in [0.29, 0.717) is 24.9 Å². The second-order valence-corrected chi connectivity index (χ2v) is 15.3. The maximum Gasteiger partial charge on any atom is 0.326 e. The lowest BCUT2D eigenvalue weighted by atomic mass is 10.00. The minimum atomic E-state index is -1.65. The second-order valence-electron chi connectivity index (χ2n) is 15.3. The molecular weight excluding hydrogens is 768 g/mol. The Morgan fingerprint density at radius 2 is 1.25 bits per heavy atom. The fraction of sp³-hybridized carbons (Fsp3) is 0.590. The van der Waals surface area contributed by atoms with Crippen molar-refractivity contribution in [2.75, 3.05) is 13.1 Å². The van der Waals surface area contributed by atoms with Crippen LogP contribution in [-0.2, 0) is 44.8 Å². The van der Waals surface area contributed by atoms with Gasteiger partial charge in [-0.25, -0.2) is 4.79 Å². The molecule has 2 rings (SSSR count). The van der Waals surface area contributed by atoms with E-state index in [0.717, 1.165) is 10.9 Å². The van der Waals surface area contributed by atoms with Crippen molar-refractivity contribution < 1.29 is 48.6 Å². The number of rotatable bonds is 26. The van der Waals surface area contributed by atoms with E-state index in [1.807, 2.05) is 24.3 Å². The maximum atomic E-state index is 13.8. The summed E-state index contributed by atoms with van der Waals surface area (Å²) in [6.45, 7) is 7.82. The van der Waals surface area contributed by atoms with Crippen molar-refractivity contribution in [3.63, 3.8) is 0 Å². The first-order valence-corrected chi connectivity index (χ1v) is 19.7. The molecule has 0 aliphatic rings. The largest absolute Gasteiger partial charge is 0.480 e. The number of aliphatic carboxylic acids is 1. The summed E-state index contributed by atoms with van der Waals surface area (Å²) in [7, 11) is 0. The molecule has 59 heavy (non-hydrogen) atoms. The van der Waals surface area contributed by atoms with Crippen LogP contribution in [0.1, 0.15) is 78.7 Å². The highest BCUT2D eigenvalue weighted by Crippen LogP contribution is 2.19. The number of aromatic nitrogens is 1. The van der Waals surface area contributed by atoms with Crippen LogP contribution in [0.2, 0.25) is 0 Å². The number of aliphatic hydroxyl groups is 1. The van der Waals surface area contributed by atoms with Gasteiger partial charge in [-0.1, -0.05) is 45.9 Å². The van der Waals surface area contributed by atoms with Crippen LogP contribution in [0.25, 0.3) is 10.9 Å². The summed E-state index contributed by atoms with van der Waals surface area (Å²) in [5.74, 6) is -7.73. The number of para-hydroxylation sites is 1. The van der Waals surface area contributed by atoms with Crippen LogP contribution >= 0.6 is 0 Å². The van der Waals surface area contributed by atoms with Gasteiger partial charge >= 0.3 is 5.97 Å². The molecule has 0 aliphatic carbocycles. The fourth-order valence-corrected chi connectivity index (χ4v) is 6.24. The predicted octanol–water partition coefficient (Wildman–Crippen LogP) is -1.86. The lowest BCUT2D eigenvalue weighted by Gasteiger charge is -2.29. The van der Waals surface area contributed by atoms with Gasteiger partial charge in [-0.15, -0.1) is 0 Å². The van der Waals surface area contributed by atoms with Crippen LogP contribution in [0.15, 0.2) is 30.5 Å². The predicted molar refractivity (Wildman–Crippen MR) is 218 cm³/mol. The molecule has 328 valence electrons. The molecule has 0 aliphatic heterocycles. The number of nitrogens with one attached hydrogen (secondary N) is 7. The third-order valence-electron chi connectivity index (χ3n) is 9.46. The fourth-order valence-electron chi connectivity index (χ4n) is 6.24. The third kappa shape index (κ3) is 16.3. The summed E-state index contributed by atoms with van der Waals surface area (Å²) in [5, 5.41) is 36.2. The summed E-state index contributed by atoms with van der Waals surface area (Å²) < 4.78 is 0. The quantitative estimate of drug-likeness (QED) is 0.0465. The number of hydrogen-bond donors (Lipinski definition) is 12. The van der Waals surface area contributed by atoms with Gasteiger partial charge in [0.05, 0.1) is 12.6 Å². The molecule has 2 aromatic rings. The van der Waals surface area contributed by atoms with Crippen molar-refractivity contribution in [3.8, 4) is 0 Å². The lowest BCUT2D eigenvalue weighted by molar-refractivity contribution is -0.143. The molecule has 20 heteroatoms. The molecule has 15 N–H and O–H groups in total. The van der Waals surface area contributed by atoms with Gasteiger partial charge in [0.1, 0.15) is 36.3 Å². The van der Waals surface area contributed by atoms with Gasteiger partial charge in [0.15, 0.2) is 0 Å². The number of carbonyl (C=O) groups is 8. The molecule has 0 saturated heterocycles. The number of hydrogen-bond acceptors (Lipinski definition) is 11. The van der Waals surface area contributed by atoms with E-state index in [1.54, 1.807) is 33.9 Å². The first kappa shape index (κ1) is 49.5. The van der Waals surface area contributed by atoms with E-state index in [4.69, 9.17) is 17.2 Å². The van der Waals surface area contributed by atoms with Gasteiger partial charge in [0.2, 0.25) is 41.4 Å². The Morgan fingerprint density at radius 1 is 0.695 bits per heavy atom. The number of carboxylic acid groups (broad SMARTS) is 1. The average molecular weight is 831 g/mol. The Balaban J connectivity index is 2.31. The lowest BCUT2D eigenvalue weighted by Crippen LogP contribution is -2.62. The van der Waals surface area contributed by atoms with E-state index >= 15 is 0 Å². The summed E-state index contributed by atoms with van der Waals surface area (Å²) in [6.07, 6.45) is 0.649. The number of amides is 7. The van der Waals surface area contributed by atoms with Gasteiger partial charge in [0, 0.05) is 29.9 Å². The molecule has 1 aromatic heterocycles. The number of H-pyrrole nitrogens is 1. The van der Waals surface area contributed by atoms with Crippen molar-refractivity contribution in [3.05, 3.63) is 36.0 Å². The molecule has 1 heterocycles. The van der Waals surface area contributed by atoms with Crippen molar-refractivity contribution in [2.45, 2.75) is 122 Å². The zero-order valence-electron chi connectivity index (χ0n) is 34.3. The molecule has 7 amide bonds. The van der Waals surface area contributed by atoms with Crippen LogP contribution in [-0.4, -0.2) is 118 Å². The highest BCUT2D eigenvalue weighted by atomic mass is 16.4. The standard InChI is InChI=1S/C39H62N10O10/c1-20(2)16-29(39(58)59)47-34(53)27(13-14-30(42)51)46-37(56)32(21(3)4)48-38(57)33(22(5)50)49-35(54)26(12-8-9-15-40)45-36(55)28(44-31(52)18-41)17-23-19-43-25-11-7-6-10-24(23)25/h6-7,10-11,19-22,26-29,32-33,43,50H,8-9,12-18,40-41H2,1-5H3,(H2,42,51)(H,44,52)(H,45,55)(H,46,56)(H,47,53)(H,48,57)(H,49,54)(H,58,59)/t22-,26+,27+,28+,29+,32+,33+/m1/s1. The Labute approximate surface area is 343 Å². The van der Waals surface area contributed by atoms with Crippen molar-refractivity contribution in [2.24, 2.45) is 29.0 Å². The summed E-state index contributed by atoms with van der Waals surface area (Å²) in [5.41, 5.74) is 18.0. The first-order valence-electron chi connectivity index (χ1n) is 19.7. The number of primary amides is 1. The number of benzene rings is 1. The van der Waals surface area contributed by atoms with Crippen LogP contribution in [0, 0.1) is 11.8 Å². The first-order chi connectivity index (χ1) is 27.8. The van der Waals surface area contributed by atoms with Gasteiger partial charge in [-0.2, -0.15) is 0 Å².